The summed E-state index contributed by atoms with van der Waals surface area (Å²) in [6.45, 7) is 5.71. The monoisotopic (exact) mass is 831 g/mol. The van der Waals surface area contributed by atoms with Crippen LogP contribution in [0.25, 0.3) is 10.9 Å². The van der Waals surface area contributed by atoms with Crippen molar-refractivity contribution in [1.82, 2.24) is 25.8 Å². The Labute approximate surface area is 354 Å². The Morgan fingerprint density at radius 2 is 1.66 bits per heavy atom. The lowest BCUT2D eigenvalue weighted by molar-refractivity contribution is -0.145. The van der Waals surface area contributed by atoms with Gasteiger partial charge in [0.15, 0.2) is 0 Å². The van der Waals surface area contributed by atoms with Gasteiger partial charge in [-0.15, -0.1) is 0 Å². The van der Waals surface area contributed by atoms with E-state index in [0.717, 1.165) is 49.2 Å². The molecular formula is C47H53N5O9. The Morgan fingerprint density at radius 3 is 2.41 bits per heavy atom. The third-order valence-electron chi connectivity index (χ3n) is 11.4. The second-order valence-electron chi connectivity index (χ2n) is 15.7. The predicted octanol–water partition coefficient (Wildman–Crippen LogP) is 5.49. The normalized spacial score (nSPS) is 18.4. The SMILES string of the molecule is CC(NC(=O)c1ccc(COc2cccc(C(NC(=O)O[C@H]3CN4CCC3CC4)c3ccccc3)c2)cc1)C(=O)OCCCCNC[C@H](O)c1ccc(O)c2[nH]c(=O)ccc12. The van der Waals surface area contributed by atoms with Gasteiger partial charge in [0, 0.05) is 30.1 Å². The zero-order valence-corrected chi connectivity index (χ0v) is 34.2. The summed E-state index contributed by atoms with van der Waals surface area (Å²) in [6, 6.07) is 29.0. The van der Waals surface area contributed by atoms with Crippen LogP contribution in [-0.4, -0.2) is 89.5 Å². The number of esters is 1. The van der Waals surface area contributed by atoms with Gasteiger partial charge < -0.3 is 45.4 Å². The molecule has 2 amide bonds. The number of carbonyl (C=O) groups excluding carboxylic acids is 3. The number of aliphatic hydroxyl groups is 1. The van der Waals surface area contributed by atoms with Crippen molar-refractivity contribution in [3.8, 4) is 11.5 Å². The van der Waals surface area contributed by atoms with Crippen LogP contribution in [0.5, 0.6) is 11.5 Å². The Bertz CT molecular complexity index is 2330. The number of aromatic amines is 1. The van der Waals surface area contributed by atoms with E-state index in [2.05, 4.69) is 25.8 Å². The topological polar surface area (TPSA) is 192 Å². The van der Waals surface area contributed by atoms with Gasteiger partial charge in [-0.3, -0.25) is 14.5 Å². The van der Waals surface area contributed by atoms with Gasteiger partial charge in [-0.2, -0.15) is 0 Å². The fraction of sp³-hybridized carbons (Fsp3) is 0.362. The summed E-state index contributed by atoms with van der Waals surface area (Å²) in [5.41, 5.74) is 3.49. The van der Waals surface area contributed by atoms with Gasteiger partial charge in [0.25, 0.3) is 5.91 Å². The number of piperidine rings is 3. The van der Waals surface area contributed by atoms with Crippen molar-refractivity contribution in [2.45, 2.75) is 63.5 Å². The van der Waals surface area contributed by atoms with Crippen molar-refractivity contribution in [2.24, 2.45) is 5.92 Å². The number of aromatic hydroxyl groups is 1. The highest BCUT2D eigenvalue weighted by Gasteiger charge is 2.37. The average Bonchev–Trinajstić information content (AvgIpc) is 3.28. The molecule has 5 aromatic rings. The van der Waals surface area contributed by atoms with Crippen molar-refractivity contribution in [2.75, 3.05) is 39.3 Å². The molecule has 0 spiro atoms. The minimum atomic E-state index is -0.870. The number of unbranched alkanes of at least 4 members (excludes halogenated alkanes) is 1. The fourth-order valence-electron chi connectivity index (χ4n) is 7.93. The third kappa shape index (κ3) is 11.3. The summed E-state index contributed by atoms with van der Waals surface area (Å²) in [5, 5.41) is 30.3. The lowest BCUT2D eigenvalue weighted by Crippen LogP contribution is -2.52. The number of carbonyl (C=O) groups is 3. The smallest absolute Gasteiger partial charge is 0.408 e. The van der Waals surface area contributed by atoms with Crippen LogP contribution in [0.15, 0.2) is 108 Å². The molecule has 4 atom stereocenters. The van der Waals surface area contributed by atoms with Crippen LogP contribution < -0.4 is 26.2 Å². The molecular weight excluding hydrogens is 779 g/mol. The van der Waals surface area contributed by atoms with E-state index in [1.807, 2.05) is 54.6 Å². The predicted molar refractivity (Wildman–Crippen MR) is 229 cm³/mol. The number of benzene rings is 4. The van der Waals surface area contributed by atoms with E-state index in [4.69, 9.17) is 14.2 Å². The molecule has 8 rings (SSSR count). The average molecular weight is 832 g/mol. The maximum Gasteiger partial charge on any atom is 0.408 e. The van der Waals surface area contributed by atoms with Crippen LogP contribution in [0.3, 0.4) is 0 Å². The van der Waals surface area contributed by atoms with E-state index >= 15 is 0 Å². The Kier molecular flexibility index (Phi) is 14.3. The minimum absolute atomic E-state index is 0.0702. The fourth-order valence-corrected chi connectivity index (χ4v) is 7.93. The van der Waals surface area contributed by atoms with Crippen molar-refractivity contribution in [3.05, 3.63) is 141 Å². The number of aliphatic hydroxyl groups excluding tert-OH is 1. The number of hydrogen-bond donors (Lipinski definition) is 6. The Morgan fingerprint density at radius 1 is 0.885 bits per heavy atom. The number of aromatic nitrogens is 1. The summed E-state index contributed by atoms with van der Waals surface area (Å²) in [6.07, 6.45) is 1.95. The molecule has 14 heteroatoms. The van der Waals surface area contributed by atoms with Gasteiger partial charge in [-0.1, -0.05) is 60.7 Å². The molecule has 3 saturated heterocycles. The molecule has 1 aromatic heterocycles. The second-order valence-corrected chi connectivity index (χ2v) is 15.7. The molecule has 2 unspecified atom stereocenters. The number of ether oxygens (including phenoxy) is 3. The molecule has 14 nitrogen and oxygen atoms in total. The largest absolute Gasteiger partial charge is 0.506 e. The second kappa shape index (κ2) is 20.4. The number of amides is 2. The number of alkyl carbamates (subject to hydrolysis) is 1. The molecule has 4 heterocycles. The highest BCUT2D eigenvalue weighted by Crippen LogP contribution is 2.31. The van der Waals surface area contributed by atoms with Crippen molar-refractivity contribution in [1.29, 1.82) is 0 Å². The third-order valence-corrected chi connectivity index (χ3v) is 11.4. The molecule has 61 heavy (non-hydrogen) atoms. The van der Waals surface area contributed by atoms with E-state index < -0.39 is 36.2 Å². The summed E-state index contributed by atoms with van der Waals surface area (Å²) in [7, 11) is 0. The summed E-state index contributed by atoms with van der Waals surface area (Å²) >= 11 is 0. The molecule has 0 aliphatic carbocycles. The molecule has 3 aliphatic rings. The van der Waals surface area contributed by atoms with Crippen LogP contribution in [-0.2, 0) is 20.9 Å². The van der Waals surface area contributed by atoms with Crippen LogP contribution >= 0.6 is 0 Å². The number of fused-ring (bicyclic) bond motifs is 4. The molecule has 6 N–H and O–H groups in total. The number of nitrogens with one attached hydrogen (secondary N) is 4. The first-order valence-electron chi connectivity index (χ1n) is 20.9. The number of H-pyrrole nitrogens is 1. The molecule has 3 aliphatic heterocycles. The Hall–Kier alpha value is -6.22. The molecule has 0 radical (unpaired) electrons. The van der Waals surface area contributed by atoms with Crippen molar-refractivity contribution >= 4 is 28.9 Å². The zero-order chi connectivity index (χ0) is 42.7. The maximum absolute atomic E-state index is 13.2. The van der Waals surface area contributed by atoms with E-state index in [0.29, 0.717) is 47.6 Å². The van der Waals surface area contributed by atoms with E-state index in [1.165, 1.54) is 12.1 Å². The summed E-state index contributed by atoms with van der Waals surface area (Å²) in [5.74, 6) is 0.00170. The van der Waals surface area contributed by atoms with Gasteiger partial charge >= 0.3 is 12.1 Å². The van der Waals surface area contributed by atoms with E-state index in [-0.39, 0.29) is 42.7 Å². The van der Waals surface area contributed by atoms with Crippen LogP contribution in [0.4, 0.5) is 4.79 Å². The summed E-state index contributed by atoms with van der Waals surface area (Å²) in [4.78, 5) is 55.4. The van der Waals surface area contributed by atoms with Crippen LogP contribution in [0, 0.1) is 5.92 Å². The van der Waals surface area contributed by atoms with Gasteiger partial charge in [0.05, 0.1) is 24.3 Å². The van der Waals surface area contributed by atoms with E-state index in [9.17, 15) is 29.4 Å². The minimum Gasteiger partial charge on any atom is -0.506 e. The molecule has 320 valence electrons. The first-order chi connectivity index (χ1) is 29.6. The number of phenolic OH excluding ortho intramolecular Hbond substituents is 1. The molecule has 0 saturated carbocycles. The quantitative estimate of drug-likeness (QED) is 0.0484. The summed E-state index contributed by atoms with van der Waals surface area (Å²) < 4.78 is 17.5. The highest BCUT2D eigenvalue weighted by atomic mass is 16.6. The van der Waals surface area contributed by atoms with Gasteiger partial charge in [0.2, 0.25) is 5.56 Å². The lowest BCUT2D eigenvalue weighted by atomic mass is 9.86. The standard InChI is InChI=1S/C47H53N5O9/c1-30(46(57)59-25-6-5-22-48-27-40(54)37-16-18-39(53)44-38(37)17-19-42(55)50-44)49-45(56)34-14-12-31(13-15-34)29-60-36-11-7-10-35(26-36)43(33-8-3-2-4-9-33)51-47(58)61-41-28-52-23-20-32(41)21-24-52/h2-4,7-19,26,30,32,40-41,43,48,53-54H,5-6,20-25,27-29H2,1H3,(H,49,56)(H,50,55)(H,51,58)/t30?,40-,41-,43?/m0/s1. The molecule has 3 fully saturated rings. The van der Waals surface area contributed by atoms with Gasteiger partial charge in [0.1, 0.15) is 30.3 Å². The Balaban J connectivity index is 0.822. The van der Waals surface area contributed by atoms with Gasteiger partial charge in [-0.25, -0.2) is 9.59 Å². The van der Waals surface area contributed by atoms with Crippen LogP contribution in [0.1, 0.15) is 77.4 Å². The highest BCUT2D eigenvalue weighted by molar-refractivity contribution is 5.96. The number of pyridine rings is 1. The van der Waals surface area contributed by atoms with Crippen LogP contribution in [0.2, 0.25) is 0 Å². The molecule has 2 bridgehead atoms. The number of nitrogens with zero attached hydrogens (tertiary/aromatic N) is 1. The van der Waals surface area contributed by atoms with Gasteiger partial charge in [-0.05, 0) is 117 Å². The maximum atomic E-state index is 13.2. The number of hydrogen-bond acceptors (Lipinski definition) is 11. The first kappa shape index (κ1) is 42.9. The van der Waals surface area contributed by atoms with Crippen molar-refractivity contribution < 1.29 is 38.8 Å². The lowest BCUT2D eigenvalue weighted by Gasteiger charge is -2.43. The van der Waals surface area contributed by atoms with Crippen molar-refractivity contribution in [3.63, 3.8) is 0 Å². The zero-order valence-electron chi connectivity index (χ0n) is 34.2. The first-order valence-corrected chi connectivity index (χ1v) is 20.9. The number of phenols is 1. The van der Waals surface area contributed by atoms with E-state index in [1.54, 1.807) is 43.3 Å². The molecule has 4 aromatic carbocycles. The number of rotatable bonds is 18.